The van der Waals surface area contributed by atoms with Crippen LogP contribution >= 0.6 is 11.8 Å². The van der Waals surface area contributed by atoms with Gasteiger partial charge in [-0.25, -0.2) is 0 Å². The number of phenolic OH excluding ortho intramolecular Hbond substituents is 1. The highest BCUT2D eigenvalue weighted by Crippen LogP contribution is 2.54. The molecule has 0 spiro atoms. The van der Waals surface area contributed by atoms with Crippen molar-refractivity contribution in [1.29, 1.82) is 0 Å². The van der Waals surface area contributed by atoms with Crippen LogP contribution in [0.3, 0.4) is 0 Å². The minimum absolute atomic E-state index is 0.0621. The van der Waals surface area contributed by atoms with Crippen molar-refractivity contribution in [2.75, 3.05) is 57.7 Å². The Balaban J connectivity index is 1.69. The van der Waals surface area contributed by atoms with E-state index < -0.39 is 58.0 Å². The third kappa shape index (κ3) is 4.11. The first-order valence-electron chi connectivity index (χ1n) is 13.3. The third-order valence-electron chi connectivity index (χ3n) is 8.76. The molecule has 1 saturated carbocycles. The molecular weight excluding hydrogens is 536 g/mol. The topological polar surface area (TPSA) is 168 Å². The smallest absolute Gasteiger partial charge is 0.255 e. The number of phenols is 1. The zero-order valence-corrected chi connectivity index (χ0v) is 23.9. The number of rotatable bonds is 5. The molecule has 1 aromatic carbocycles. The molecule has 12 heteroatoms. The van der Waals surface area contributed by atoms with Gasteiger partial charge >= 0.3 is 0 Å². The number of hydrogen-bond donors (Lipinski definition) is 5. The fourth-order valence-corrected chi connectivity index (χ4v) is 7.84. The molecule has 3 aliphatic carbocycles. The number of aromatic hydroxyl groups is 1. The largest absolute Gasteiger partial charge is 0.508 e. The Hall–Kier alpha value is -3.06. The summed E-state index contributed by atoms with van der Waals surface area (Å²) < 4.78 is 0. The predicted octanol–water partition coefficient (Wildman–Crippen LogP) is 0.579. The van der Waals surface area contributed by atoms with E-state index in [1.165, 1.54) is 4.90 Å². The zero-order chi connectivity index (χ0) is 29.3. The minimum Gasteiger partial charge on any atom is -0.508 e. The number of benzene rings is 1. The van der Waals surface area contributed by atoms with Crippen LogP contribution in [0.1, 0.15) is 23.1 Å². The Morgan fingerprint density at radius 3 is 2.38 bits per heavy atom. The molecule has 0 radical (unpaired) electrons. The van der Waals surface area contributed by atoms with E-state index in [4.69, 9.17) is 5.73 Å². The number of nitrogens with two attached hydrogens (primary N) is 1. The predicted molar refractivity (Wildman–Crippen MR) is 151 cm³/mol. The number of Topliss-reactive ketones (excluding diaryl/α,β-unsaturated/α-hetero) is 2. The number of aliphatic hydroxyl groups excluding tert-OH is 2. The van der Waals surface area contributed by atoms with Gasteiger partial charge in [0.15, 0.2) is 11.4 Å². The van der Waals surface area contributed by atoms with Crippen molar-refractivity contribution in [3.63, 3.8) is 0 Å². The van der Waals surface area contributed by atoms with Crippen molar-refractivity contribution in [3.05, 3.63) is 39.7 Å². The first-order valence-corrected chi connectivity index (χ1v) is 14.5. The maximum absolute atomic E-state index is 14.1. The van der Waals surface area contributed by atoms with E-state index in [0.29, 0.717) is 17.7 Å². The van der Waals surface area contributed by atoms with Crippen LogP contribution in [0.15, 0.2) is 23.0 Å². The summed E-state index contributed by atoms with van der Waals surface area (Å²) in [5, 5.41) is 45.9. The molecule has 1 saturated heterocycles. The van der Waals surface area contributed by atoms with Crippen LogP contribution in [-0.4, -0.2) is 112 Å². The summed E-state index contributed by atoms with van der Waals surface area (Å²) in [6, 6.07) is 0.805. The van der Waals surface area contributed by atoms with Crippen molar-refractivity contribution < 1.29 is 34.8 Å². The summed E-state index contributed by atoms with van der Waals surface area (Å²) in [7, 11) is 6.90. The van der Waals surface area contributed by atoms with Crippen LogP contribution in [0.5, 0.6) is 5.75 Å². The molecule has 1 aliphatic heterocycles. The fraction of sp³-hybridized carbons (Fsp3) is 0.536. The Kier molecular flexibility index (Phi) is 7.18. The van der Waals surface area contributed by atoms with Crippen LogP contribution in [0.4, 0.5) is 5.69 Å². The lowest BCUT2D eigenvalue weighted by Crippen LogP contribution is -2.65. The first-order chi connectivity index (χ1) is 18.8. The molecule has 0 aromatic heterocycles. The number of nitrogens with zero attached hydrogens (tertiary/aromatic N) is 3. The van der Waals surface area contributed by atoms with Crippen LogP contribution in [-0.2, 0) is 27.3 Å². The molecule has 1 heterocycles. The highest BCUT2D eigenvalue weighted by molar-refractivity contribution is 7.99. The standard InChI is InChI=1S/C28H36N4O7S/c1-30(2)17-11-14(12-32-5-7-40-8-6-32)22(33)19-15(17)9-13-10-16-21(31(3)4)24(35)20(27(29)38)26(37)28(16,39)25(36)18(13)23(19)34/h11,13,16,21,33-34,37,39H,5-10,12H2,1-4H3,(H2,29,38)/t13?,16?,21-,28-/m0/s1. The molecule has 6 N–H and O–H groups in total. The Morgan fingerprint density at radius 2 is 1.80 bits per heavy atom. The van der Waals surface area contributed by atoms with Crippen molar-refractivity contribution in [3.8, 4) is 5.75 Å². The van der Waals surface area contributed by atoms with Crippen molar-refractivity contribution in [2.45, 2.75) is 31.0 Å². The van der Waals surface area contributed by atoms with Crippen LogP contribution in [0, 0.1) is 11.8 Å². The van der Waals surface area contributed by atoms with E-state index in [1.54, 1.807) is 14.1 Å². The molecule has 216 valence electrons. The van der Waals surface area contributed by atoms with E-state index in [2.05, 4.69) is 4.90 Å². The fourth-order valence-electron chi connectivity index (χ4n) is 6.87. The van der Waals surface area contributed by atoms with Gasteiger partial charge in [0.05, 0.1) is 11.6 Å². The molecule has 1 aromatic rings. The van der Waals surface area contributed by atoms with E-state index >= 15 is 0 Å². The number of carbonyl (C=O) groups is 3. The van der Waals surface area contributed by atoms with Gasteiger partial charge < -0.3 is 31.1 Å². The van der Waals surface area contributed by atoms with Gasteiger partial charge in [-0.1, -0.05) is 0 Å². The van der Waals surface area contributed by atoms with Gasteiger partial charge in [-0.2, -0.15) is 11.8 Å². The molecule has 4 aliphatic rings. The third-order valence-corrected chi connectivity index (χ3v) is 9.70. The number of aliphatic hydroxyl groups is 3. The lowest BCUT2D eigenvalue weighted by molar-refractivity contribution is -0.153. The second kappa shape index (κ2) is 10.1. The number of thioether (sulfide) groups is 1. The molecule has 4 atom stereocenters. The number of primary amides is 1. The number of ketones is 2. The molecule has 2 fully saturated rings. The Labute approximate surface area is 236 Å². The summed E-state index contributed by atoms with van der Waals surface area (Å²) in [5.41, 5.74) is 3.97. The Bertz CT molecular complexity index is 1360. The Morgan fingerprint density at radius 1 is 1.15 bits per heavy atom. The van der Waals surface area contributed by atoms with Crippen LogP contribution in [0.25, 0.3) is 5.76 Å². The zero-order valence-electron chi connectivity index (χ0n) is 23.1. The molecule has 2 unspecified atom stereocenters. The second-order valence-corrected chi connectivity index (χ2v) is 12.7. The van der Waals surface area contributed by atoms with E-state index in [9.17, 15) is 34.8 Å². The number of likely N-dealkylation sites (N-methyl/N-ethyl adjacent to an activating group) is 1. The normalized spacial score (nSPS) is 28.9. The number of amides is 1. The van der Waals surface area contributed by atoms with Crippen molar-refractivity contribution in [1.82, 2.24) is 9.80 Å². The van der Waals surface area contributed by atoms with Crippen LogP contribution < -0.4 is 10.6 Å². The van der Waals surface area contributed by atoms with E-state index in [1.807, 2.05) is 36.8 Å². The molecule has 11 nitrogen and oxygen atoms in total. The maximum atomic E-state index is 14.1. The number of carbonyl (C=O) groups excluding carboxylic acids is 3. The van der Waals surface area contributed by atoms with Gasteiger partial charge in [0.25, 0.3) is 5.91 Å². The highest BCUT2D eigenvalue weighted by atomic mass is 32.2. The first kappa shape index (κ1) is 28.5. The molecule has 1 amide bonds. The van der Waals surface area contributed by atoms with Gasteiger partial charge in [-0.3, -0.25) is 24.2 Å². The van der Waals surface area contributed by atoms with Crippen LogP contribution in [0.2, 0.25) is 0 Å². The average Bonchev–Trinajstić information content (AvgIpc) is 2.87. The van der Waals surface area contributed by atoms with E-state index in [0.717, 1.165) is 30.3 Å². The summed E-state index contributed by atoms with van der Waals surface area (Å²) in [6.45, 7) is 2.19. The highest BCUT2D eigenvalue weighted by Gasteiger charge is 2.64. The molecule has 0 bridgehead atoms. The van der Waals surface area contributed by atoms with Gasteiger partial charge in [0.2, 0.25) is 5.78 Å². The SMILES string of the molecule is CN(C)c1cc(CN2CCSCC2)c(O)c2c1CC1CC3[C@H](N(C)C)C(=O)C(C(N)=O)=C(O)[C@@]3(O)C(=O)C1=C2O. The monoisotopic (exact) mass is 572 g/mol. The van der Waals surface area contributed by atoms with E-state index in [-0.39, 0.29) is 29.7 Å². The summed E-state index contributed by atoms with van der Waals surface area (Å²) >= 11 is 1.87. The van der Waals surface area contributed by atoms with Gasteiger partial charge in [0.1, 0.15) is 22.8 Å². The summed E-state index contributed by atoms with van der Waals surface area (Å²) in [4.78, 5) is 45.1. The number of fused-ring (bicyclic) bond motifs is 3. The van der Waals surface area contributed by atoms with Crippen molar-refractivity contribution >= 4 is 40.7 Å². The maximum Gasteiger partial charge on any atom is 0.255 e. The van der Waals surface area contributed by atoms with Gasteiger partial charge in [-0.05, 0) is 44.5 Å². The van der Waals surface area contributed by atoms with Crippen molar-refractivity contribution in [2.24, 2.45) is 17.6 Å². The lowest BCUT2D eigenvalue weighted by atomic mass is 9.57. The average molecular weight is 573 g/mol. The number of anilines is 1. The molecule has 5 rings (SSSR count). The quantitative estimate of drug-likeness (QED) is 0.313. The lowest BCUT2D eigenvalue weighted by Gasteiger charge is -2.50. The molecular formula is C28H36N4O7S. The minimum atomic E-state index is -2.65. The summed E-state index contributed by atoms with van der Waals surface area (Å²) in [5.74, 6) is -4.44. The second-order valence-electron chi connectivity index (χ2n) is 11.5. The molecule has 40 heavy (non-hydrogen) atoms. The summed E-state index contributed by atoms with van der Waals surface area (Å²) in [6.07, 6.45) is 0.322. The number of hydrogen-bond acceptors (Lipinski definition) is 11. The van der Waals surface area contributed by atoms with Gasteiger partial charge in [-0.15, -0.1) is 0 Å². The van der Waals surface area contributed by atoms with Gasteiger partial charge in [0, 0.05) is 68.0 Å².